The van der Waals surface area contributed by atoms with Gasteiger partial charge in [-0.15, -0.1) is 0 Å². The van der Waals surface area contributed by atoms with Gasteiger partial charge in [-0.1, -0.05) is 52.8 Å². The maximum atomic E-state index is 10.6. The molecule has 5 heteroatoms. The topological polar surface area (TPSA) is 64.8 Å². The van der Waals surface area contributed by atoms with Crippen molar-refractivity contribution in [2.75, 3.05) is 13.1 Å². The molecular formula is C32H54N4O. The zero-order chi connectivity index (χ0) is 26.4. The van der Waals surface area contributed by atoms with Crippen molar-refractivity contribution in [2.45, 2.75) is 124 Å². The van der Waals surface area contributed by atoms with Crippen molar-refractivity contribution in [3.63, 3.8) is 0 Å². The fraction of sp³-hybridized carbons (Fsp3) is 0.875. The van der Waals surface area contributed by atoms with Crippen molar-refractivity contribution in [3.05, 3.63) is 23.9 Å². The number of aliphatic hydroxyl groups excluding tert-OH is 1. The van der Waals surface area contributed by atoms with Gasteiger partial charge in [0, 0.05) is 30.2 Å². The standard InChI is InChI=1S/C32H54N4O/c1-22(34-35-19-7-8-20-35)32-17-15-28(2,3)21-24(32)23-9-10-25-29(4)13-12-27(37)36(33)26(29)11-14-31(25,6)30(23,5)16-18-32/h9,24-27,34,37H,1,7-8,10-21,33H2,2-6H3/t24?,25?,26?,27?,29?,30-,31?,32?/m1/s1. The van der Waals surface area contributed by atoms with E-state index in [1.807, 2.05) is 5.01 Å². The molecule has 6 aliphatic rings. The number of nitrogens with zero attached hydrogens (tertiary/aromatic N) is 2. The van der Waals surface area contributed by atoms with Crippen LogP contribution < -0.4 is 11.3 Å². The van der Waals surface area contributed by atoms with Gasteiger partial charge >= 0.3 is 0 Å². The zero-order valence-corrected chi connectivity index (χ0v) is 24.4. The summed E-state index contributed by atoms with van der Waals surface area (Å²) in [5.74, 6) is 7.73. The molecule has 8 atom stereocenters. The van der Waals surface area contributed by atoms with E-state index in [-0.39, 0.29) is 27.7 Å². The molecule has 0 aromatic carbocycles. The first-order chi connectivity index (χ1) is 17.4. The van der Waals surface area contributed by atoms with Crippen molar-refractivity contribution >= 4 is 0 Å². The molecule has 0 aromatic heterocycles. The molecule has 4 aliphatic carbocycles. The number of rotatable bonds is 3. The number of allylic oxidation sites excluding steroid dienone is 3. The van der Waals surface area contributed by atoms with Crippen LogP contribution in [0, 0.1) is 38.9 Å². The van der Waals surface area contributed by atoms with E-state index in [9.17, 15) is 5.11 Å². The molecule has 0 aromatic rings. The lowest BCUT2D eigenvalue weighted by molar-refractivity contribution is -0.199. The molecular weight excluding hydrogens is 456 g/mol. The molecule has 0 bridgehead atoms. The van der Waals surface area contributed by atoms with Gasteiger partial charge in [-0.25, -0.2) is 10.0 Å². The Bertz CT molecular complexity index is 970. The maximum absolute atomic E-state index is 10.6. The number of aliphatic hydroxyl groups is 1. The van der Waals surface area contributed by atoms with E-state index in [1.54, 1.807) is 5.57 Å². The summed E-state index contributed by atoms with van der Waals surface area (Å²) in [6, 6.07) is 0.286. The minimum atomic E-state index is -0.485. The van der Waals surface area contributed by atoms with E-state index in [1.165, 1.54) is 57.1 Å². The van der Waals surface area contributed by atoms with Gasteiger partial charge in [-0.2, -0.15) is 0 Å². The molecule has 2 heterocycles. The number of nitrogens with one attached hydrogen (secondary N) is 1. The first kappa shape index (κ1) is 26.3. The monoisotopic (exact) mass is 510 g/mol. The number of hydrogen-bond donors (Lipinski definition) is 3. The average molecular weight is 511 g/mol. The van der Waals surface area contributed by atoms with Gasteiger partial charge in [0.25, 0.3) is 0 Å². The normalized spacial score (nSPS) is 49.8. The molecule has 0 amide bonds. The Kier molecular flexibility index (Phi) is 6.09. The lowest BCUT2D eigenvalue weighted by atomic mass is 9.35. The van der Waals surface area contributed by atoms with Crippen molar-refractivity contribution in [2.24, 2.45) is 44.8 Å². The number of nitrogens with two attached hydrogens (primary N) is 1. The summed E-state index contributed by atoms with van der Waals surface area (Å²) in [6.07, 6.45) is 16.5. The molecule has 4 N–H and O–H groups in total. The van der Waals surface area contributed by atoms with Crippen molar-refractivity contribution in [3.8, 4) is 0 Å². The third-order valence-corrected chi connectivity index (χ3v) is 13.5. The van der Waals surface area contributed by atoms with E-state index in [4.69, 9.17) is 12.4 Å². The van der Waals surface area contributed by atoms with Gasteiger partial charge < -0.3 is 10.5 Å². The van der Waals surface area contributed by atoms with Crippen LogP contribution >= 0.6 is 0 Å². The molecule has 0 radical (unpaired) electrons. The van der Waals surface area contributed by atoms with E-state index in [0.717, 1.165) is 38.8 Å². The number of piperidine rings is 1. The first-order valence-electron chi connectivity index (χ1n) is 15.5. The fourth-order valence-corrected chi connectivity index (χ4v) is 10.9. The molecule has 37 heavy (non-hydrogen) atoms. The highest BCUT2D eigenvalue weighted by Gasteiger charge is 2.67. The zero-order valence-electron chi connectivity index (χ0n) is 24.4. The van der Waals surface area contributed by atoms with Gasteiger partial charge in [0.1, 0.15) is 6.23 Å². The van der Waals surface area contributed by atoms with E-state index >= 15 is 0 Å². The van der Waals surface area contributed by atoms with Gasteiger partial charge in [0.15, 0.2) is 0 Å². The van der Waals surface area contributed by atoms with Gasteiger partial charge in [-0.05, 0) is 111 Å². The number of hydrazine groups is 2. The van der Waals surface area contributed by atoms with Crippen molar-refractivity contribution < 1.29 is 5.11 Å². The third kappa shape index (κ3) is 3.62. The number of hydrogen-bond acceptors (Lipinski definition) is 5. The second-order valence-electron chi connectivity index (χ2n) is 15.6. The largest absolute Gasteiger partial charge is 0.377 e. The van der Waals surface area contributed by atoms with Crippen LogP contribution in [0.3, 0.4) is 0 Å². The van der Waals surface area contributed by atoms with E-state index in [0.29, 0.717) is 17.3 Å². The second-order valence-corrected chi connectivity index (χ2v) is 15.6. The maximum Gasteiger partial charge on any atom is 0.119 e. The van der Waals surface area contributed by atoms with Crippen LogP contribution in [0.4, 0.5) is 0 Å². The molecule has 0 spiro atoms. The highest BCUT2D eigenvalue weighted by molar-refractivity contribution is 5.36. The molecule has 208 valence electrons. The predicted molar refractivity (Wildman–Crippen MR) is 151 cm³/mol. The Morgan fingerprint density at radius 3 is 2.43 bits per heavy atom. The molecule has 2 aliphatic heterocycles. The predicted octanol–water partition coefficient (Wildman–Crippen LogP) is 6.12. The van der Waals surface area contributed by atoms with Crippen molar-refractivity contribution in [1.29, 1.82) is 0 Å². The Morgan fingerprint density at radius 1 is 1.00 bits per heavy atom. The smallest absolute Gasteiger partial charge is 0.119 e. The van der Waals surface area contributed by atoms with E-state index in [2.05, 4.69) is 51.1 Å². The molecule has 2 saturated heterocycles. The van der Waals surface area contributed by atoms with Crippen LogP contribution in [-0.4, -0.2) is 40.5 Å². The summed E-state index contributed by atoms with van der Waals surface area (Å²) in [5.41, 5.74) is 8.14. The highest BCUT2D eigenvalue weighted by Crippen LogP contribution is 2.74. The van der Waals surface area contributed by atoms with Crippen molar-refractivity contribution in [1.82, 2.24) is 15.4 Å². The molecule has 6 rings (SSSR count). The van der Waals surface area contributed by atoms with Crippen LogP contribution in [0.15, 0.2) is 23.9 Å². The summed E-state index contributed by atoms with van der Waals surface area (Å²) in [7, 11) is 0. The molecule has 3 saturated carbocycles. The third-order valence-electron chi connectivity index (χ3n) is 13.5. The summed E-state index contributed by atoms with van der Waals surface area (Å²) in [4.78, 5) is 0. The van der Waals surface area contributed by atoms with E-state index < -0.39 is 6.23 Å². The SMILES string of the molecule is C=C(NN1CCCC1)C12CCC(C)(C)CC1C1=CCC3C4(C)CCC(O)N(N)C4CCC3(C)[C@]1(C)CC2. The summed E-state index contributed by atoms with van der Waals surface area (Å²) in [5, 5.41) is 14.8. The summed E-state index contributed by atoms with van der Waals surface area (Å²) < 4.78 is 0. The van der Waals surface area contributed by atoms with Gasteiger partial charge in [0.05, 0.1) is 0 Å². The lowest BCUT2D eigenvalue weighted by Crippen LogP contribution is -2.68. The molecule has 5 fully saturated rings. The molecule has 5 nitrogen and oxygen atoms in total. The highest BCUT2D eigenvalue weighted by atomic mass is 16.3. The quantitative estimate of drug-likeness (QED) is 0.315. The van der Waals surface area contributed by atoms with Gasteiger partial charge in [0.2, 0.25) is 0 Å². The Labute approximate surface area is 226 Å². The van der Waals surface area contributed by atoms with Crippen LogP contribution in [0.2, 0.25) is 0 Å². The van der Waals surface area contributed by atoms with Gasteiger partial charge in [-0.3, -0.25) is 5.84 Å². The number of fused-ring (bicyclic) bond motifs is 7. The molecule has 7 unspecified atom stereocenters. The minimum absolute atomic E-state index is 0.160. The minimum Gasteiger partial charge on any atom is -0.377 e. The summed E-state index contributed by atoms with van der Waals surface area (Å²) in [6.45, 7) is 19.9. The average Bonchev–Trinajstić information content (AvgIpc) is 3.35. The van der Waals surface area contributed by atoms with Crippen LogP contribution in [0.1, 0.15) is 112 Å². The first-order valence-corrected chi connectivity index (χ1v) is 15.5. The summed E-state index contributed by atoms with van der Waals surface area (Å²) >= 11 is 0. The van der Waals surface area contributed by atoms with Crippen LogP contribution in [0.5, 0.6) is 0 Å². The fourth-order valence-electron chi connectivity index (χ4n) is 10.9. The Morgan fingerprint density at radius 2 is 1.70 bits per heavy atom. The lowest BCUT2D eigenvalue weighted by Gasteiger charge is -2.70. The Balaban J connectivity index is 1.38. The van der Waals surface area contributed by atoms with Crippen LogP contribution in [-0.2, 0) is 0 Å². The van der Waals surface area contributed by atoms with Crippen LogP contribution in [0.25, 0.3) is 0 Å². The Hall–Kier alpha value is -0.880. The second kappa shape index (κ2) is 8.56.